The topological polar surface area (TPSA) is 18.5 Å². The van der Waals surface area contributed by atoms with E-state index in [1.165, 1.54) is 44.6 Å². The second kappa shape index (κ2) is 6.62. The number of halogens is 4. The van der Waals surface area contributed by atoms with Crippen LogP contribution < -0.4 is 9.47 Å². The summed E-state index contributed by atoms with van der Waals surface area (Å²) < 4.78 is 37.5. The summed E-state index contributed by atoms with van der Waals surface area (Å²) in [6.07, 6.45) is 0. The van der Waals surface area contributed by atoms with Crippen LogP contribution in [-0.4, -0.2) is 14.2 Å². The average molecular weight is 378 g/mol. The van der Waals surface area contributed by atoms with Gasteiger partial charge < -0.3 is 9.47 Å². The van der Waals surface area contributed by atoms with Crippen LogP contribution in [0.4, 0.5) is 8.78 Å². The van der Waals surface area contributed by atoms with E-state index in [-0.39, 0.29) is 5.02 Å². The lowest BCUT2D eigenvalue weighted by molar-refractivity contribution is 0.351. The number of alkyl halides is 1. The molecule has 6 heteroatoms. The molecule has 0 saturated carbocycles. The van der Waals surface area contributed by atoms with Crippen molar-refractivity contribution < 1.29 is 18.3 Å². The summed E-state index contributed by atoms with van der Waals surface area (Å²) >= 11 is 9.40. The van der Waals surface area contributed by atoms with Gasteiger partial charge in [0.1, 0.15) is 11.6 Å². The zero-order valence-electron chi connectivity index (χ0n) is 11.3. The van der Waals surface area contributed by atoms with Gasteiger partial charge in [-0.2, -0.15) is 0 Å². The maximum Gasteiger partial charge on any atom is 0.163 e. The molecule has 2 nitrogen and oxygen atoms in total. The molecule has 21 heavy (non-hydrogen) atoms. The molecule has 0 fully saturated rings. The molecule has 112 valence electrons. The second-order valence-electron chi connectivity index (χ2n) is 4.26. The predicted octanol–water partition coefficient (Wildman–Crippen LogP) is 5.12. The molecule has 0 saturated heterocycles. The Kier molecular flexibility index (Phi) is 5.06. The van der Waals surface area contributed by atoms with Crippen molar-refractivity contribution in [1.82, 2.24) is 0 Å². The van der Waals surface area contributed by atoms with Gasteiger partial charge in [0.2, 0.25) is 0 Å². The molecule has 0 heterocycles. The van der Waals surface area contributed by atoms with Gasteiger partial charge in [-0.15, -0.1) is 0 Å². The molecule has 0 aromatic heterocycles. The number of hydrogen-bond acceptors (Lipinski definition) is 2. The maximum atomic E-state index is 14.2. The van der Waals surface area contributed by atoms with Crippen LogP contribution in [0.2, 0.25) is 5.02 Å². The Morgan fingerprint density at radius 2 is 1.62 bits per heavy atom. The Labute approximate surface area is 134 Å². The third-order valence-electron chi connectivity index (χ3n) is 3.01. The normalized spacial score (nSPS) is 12.1. The molecule has 1 atom stereocenters. The summed E-state index contributed by atoms with van der Waals surface area (Å²) in [6, 6.07) is 6.72. The Morgan fingerprint density at radius 3 is 2.19 bits per heavy atom. The van der Waals surface area contributed by atoms with E-state index in [0.29, 0.717) is 22.6 Å². The molecule has 0 aliphatic rings. The van der Waals surface area contributed by atoms with E-state index in [1.54, 1.807) is 0 Å². The first-order valence-electron chi connectivity index (χ1n) is 5.98. The van der Waals surface area contributed by atoms with E-state index in [2.05, 4.69) is 15.9 Å². The van der Waals surface area contributed by atoms with Crippen LogP contribution in [0.15, 0.2) is 30.3 Å². The van der Waals surface area contributed by atoms with E-state index in [9.17, 15) is 8.78 Å². The molecule has 2 aromatic rings. The molecular formula is C15H12BrClF2O2. The highest BCUT2D eigenvalue weighted by atomic mass is 79.9. The first kappa shape index (κ1) is 16.0. The predicted molar refractivity (Wildman–Crippen MR) is 81.7 cm³/mol. The van der Waals surface area contributed by atoms with Crippen molar-refractivity contribution in [3.8, 4) is 11.5 Å². The molecule has 0 aliphatic carbocycles. The van der Waals surface area contributed by atoms with Crippen molar-refractivity contribution >= 4 is 27.5 Å². The third kappa shape index (κ3) is 3.30. The van der Waals surface area contributed by atoms with Crippen molar-refractivity contribution in [2.45, 2.75) is 4.83 Å². The number of benzene rings is 2. The van der Waals surface area contributed by atoms with Crippen LogP contribution in [0.25, 0.3) is 0 Å². The summed E-state index contributed by atoms with van der Waals surface area (Å²) in [7, 11) is 2.90. The van der Waals surface area contributed by atoms with Gasteiger partial charge in [-0.3, -0.25) is 0 Å². The first-order valence-corrected chi connectivity index (χ1v) is 7.27. The summed E-state index contributed by atoms with van der Waals surface area (Å²) in [5.41, 5.74) is 0.880. The molecule has 0 aliphatic heterocycles. The number of ether oxygens (including phenoxy) is 2. The smallest absolute Gasteiger partial charge is 0.163 e. The van der Waals surface area contributed by atoms with Gasteiger partial charge in [-0.1, -0.05) is 33.6 Å². The fourth-order valence-electron chi connectivity index (χ4n) is 1.94. The summed E-state index contributed by atoms with van der Waals surface area (Å²) in [6.45, 7) is 0. The van der Waals surface area contributed by atoms with Crippen LogP contribution in [0.5, 0.6) is 11.5 Å². The van der Waals surface area contributed by atoms with Gasteiger partial charge in [0, 0.05) is 16.7 Å². The molecular weight excluding hydrogens is 366 g/mol. The minimum atomic E-state index is -0.537. The monoisotopic (exact) mass is 376 g/mol. The maximum absolute atomic E-state index is 14.2. The lowest BCUT2D eigenvalue weighted by atomic mass is 10.0. The van der Waals surface area contributed by atoms with Crippen molar-refractivity contribution in [3.63, 3.8) is 0 Å². The molecule has 2 aromatic carbocycles. The van der Waals surface area contributed by atoms with E-state index in [0.717, 1.165) is 0 Å². The standard InChI is InChI=1S/C15H12BrClF2O2/c1-20-13-6-10(12(19)7-14(13)21-2)15(16)9-4-3-8(18)5-11(9)17/h3-7,15H,1-2H3. The fraction of sp³-hybridized carbons (Fsp3) is 0.200. The first-order chi connectivity index (χ1) is 9.97. The number of rotatable bonds is 4. The van der Waals surface area contributed by atoms with Crippen molar-refractivity contribution in [2.75, 3.05) is 14.2 Å². The van der Waals surface area contributed by atoms with Gasteiger partial charge in [0.15, 0.2) is 11.5 Å². The highest BCUT2D eigenvalue weighted by Crippen LogP contribution is 2.40. The second-order valence-corrected chi connectivity index (χ2v) is 5.58. The van der Waals surface area contributed by atoms with E-state index in [4.69, 9.17) is 21.1 Å². The molecule has 0 spiro atoms. The number of methoxy groups -OCH3 is 2. The molecule has 0 radical (unpaired) electrons. The highest BCUT2D eigenvalue weighted by molar-refractivity contribution is 9.09. The van der Waals surface area contributed by atoms with Gasteiger partial charge >= 0.3 is 0 Å². The van der Waals surface area contributed by atoms with Crippen LogP contribution >= 0.6 is 27.5 Å². The molecule has 2 rings (SSSR count). The fourth-order valence-corrected chi connectivity index (χ4v) is 3.10. The largest absolute Gasteiger partial charge is 0.493 e. The molecule has 0 bridgehead atoms. The van der Waals surface area contributed by atoms with Crippen LogP contribution in [-0.2, 0) is 0 Å². The Hall–Kier alpha value is -1.33. The van der Waals surface area contributed by atoms with Gasteiger partial charge in [-0.05, 0) is 23.8 Å². The number of hydrogen-bond donors (Lipinski definition) is 0. The Morgan fingerprint density at radius 1 is 1.00 bits per heavy atom. The van der Waals surface area contributed by atoms with E-state index >= 15 is 0 Å². The van der Waals surface area contributed by atoms with Crippen molar-refractivity contribution in [1.29, 1.82) is 0 Å². The molecule has 0 N–H and O–H groups in total. The minimum Gasteiger partial charge on any atom is -0.493 e. The van der Waals surface area contributed by atoms with Crippen LogP contribution in [0, 0.1) is 11.6 Å². The van der Waals surface area contributed by atoms with Crippen LogP contribution in [0.1, 0.15) is 16.0 Å². The zero-order chi connectivity index (χ0) is 15.6. The average Bonchev–Trinajstić information content (AvgIpc) is 2.46. The van der Waals surface area contributed by atoms with Crippen LogP contribution in [0.3, 0.4) is 0 Å². The highest BCUT2D eigenvalue weighted by Gasteiger charge is 2.21. The summed E-state index contributed by atoms with van der Waals surface area (Å²) in [5, 5.41) is 0.214. The van der Waals surface area contributed by atoms with E-state index < -0.39 is 16.5 Å². The van der Waals surface area contributed by atoms with Gasteiger partial charge in [0.25, 0.3) is 0 Å². The lowest BCUT2D eigenvalue weighted by Gasteiger charge is -2.16. The Bertz CT molecular complexity index is 664. The quantitative estimate of drug-likeness (QED) is 0.689. The SMILES string of the molecule is COc1cc(F)c(C(Br)c2ccc(F)cc2Cl)cc1OC. The lowest BCUT2D eigenvalue weighted by Crippen LogP contribution is -2.01. The molecule has 1 unspecified atom stereocenters. The van der Waals surface area contributed by atoms with Crippen molar-refractivity contribution in [2.24, 2.45) is 0 Å². The zero-order valence-corrected chi connectivity index (χ0v) is 13.6. The van der Waals surface area contributed by atoms with Gasteiger partial charge in [-0.25, -0.2) is 8.78 Å². The summed E-state index contributed by atoms with van der Waals surface area (Å²) in [4.78, 5) is -0.537. The summed E-state index contributed by atoms with van der Waals surface area (Å²) in [5.74, 6) is -0.230. The van der Waals surface area contributed by atoms with Crippen molar-refractivity contribution in [3.05, 3.63) is 58.1 Å². The minimum absolute atomic E-state index is 0.214. The van der Waals surface area contributed by atoms with E-state index in [1.807, 2.05) is 0 Å². The van der Waals surface area contributed by atoms with Gasteiger partial charge in [0.05, 0.1) is 19.0 Å². The molecule has 0 amide bonds. The third-order valence-corrected chi connectivity index (χ3v) is 4.33. The Balaban J connectivity index is 2.50.